The number of aromatic nitrogens is 4. The van der Waals surface area contributed by atoms with Crippen LogP contribution in [0.4, 0.5) is 17.7 Å². The van der Waals surface area contributed by atoms with E-state index in [4.69, 9.17) is 17.3 Å². The molecule has 0 saturated carbocycles. The lowest BCUT2D eigenvalue weighted by molar-refractivity contribution is 1.01. The molecule has 2 heterocycles. The van der Waals surface area contributed by atoms with E-state index in [0.29, 0.717) is 30.0 Å². The summed E-state index contributed by atoms with van der Waals surface area (Å²) in [5.41, 5.74) is 5.47. The van der Waals surface area contributed by atoms with Gasteiger partial charge < -0.3 is 16.4 Å². The van der Waals surface area contributed by atoms with Crippen LogP contribution < -0.4 is 16.4 Å². The van der Waals surface area contributed by atoms with Gasteiger partial charge in [-0.1, -0.05) is 11.6 Å². The van der Waals surface area contributed by atoms with Crippen LogP contribution in [0.15, 0.2) is 24.5 Å². The van der Waals surface area contributed by atoms with Gasteiger partial charge in [-0.3, -0.25) is 0 Å². The second-order valence-electron chi connectivity index (χ2n) is 3.36. The zero-order chi connectivity index (χ0) is 12.8. The Labute approximate surface area is 109 Å². The number of nitrogens with two attached hydrogens (primary N) is 1. The van der Waals surface area contributed by atoms with Gasteiger partial charge in [-0.15, -0.1) is 0 Å². The van der Waals surface area contributed by atoms with Crippen molar-refractivity contribution in [2.24, 2.45) is 0 Å². The molecule has 0 unspecified atom stereocenters. The van der Waals surface area contributed by atoms with Crippen molar-refractivity contribution in [1.29, 1.82) is 0 Å². The van der Waals surface area contributed by atoms with Crippen molar-refractivity contribution in [2.75, 3.05) is 29.5 Å². The van der Waals surface area contributed by atoms with Gasteiger partial charge in [-0.05, 0) is 6.07 Å². The van der Waals surface area contributed by atoms with E-state index in [1.807, 2.05) is 0 Å². The van der Waals surface area contributed by atoms with Crippen LogP contribution in [-0.4, -0.2) is 33.0 Å². The topological polar surface area (TPSA) is 102 Å². The molecule has 0 saturated heterocycles. The lowest BCUT2D eigenvalue weighted by Crippen LogP contribution is -2.16. The van der Waals surface area contributed by atoms with Crippen molar-refractivity contribution in [3.63, 3.8) is 0 Å². The number of nitrogens with zero attached hydrogens (tertiary/aromatic N) is 4. The van der Waals surface area contributed by atoms with E-state index < -0.39 is 0 Å². The summed E-state index contributed by atoms with van der Waals surface area (Å²) >= 11 is 5.75. The fourth-order valence-electron chi connectivity index (χ4n) is 1.28. The highest BCUT2D eigenvalue weighted by Crippen LogP contribution is 2.11. The number of halogens is 1. The Balaban J connectivity index is 1.78. The van der Waals surface area contributed by atoms with E-state index in [-0.39, 0.29) is 5.95 Å². The minimum absolute atomic E-state index is 0.143. The highest BCUT2D eigenvalue weighted by molar-refractivity contribution is 6.29. The van der Waals surface area contributed by atoms with Gasteiger partial charge in [0, 0.05) is 31.5 Å². The molecule has 0 radical (unpaired) electrons. The van der Waals surface area contributed by atoms with E-state index in [1.54, 1.807) is 24.5 Å². The first-order valence-corrected chi connectivity index (χ1v) is 5.66. The molecule has 8 heteroatoms. The predicted molar refractivity (Wildman–Crippen MR) is 70.5 cm³/mol. The standard InChI is InChI=1S/C10H12ClN7/c11-7-6-8(18-9(12)17-7)13-4-5-16-10-14-2-1-3-15-10/h1-3,6H,4-5H2,(H,14,15,16)(H3,12,13,17,18). The smallest absolute Gasteiger partial charge is 0.223 e. The molecule has 0 fully saturated rings. The minimum Gasteiger partial charge on any atom is -0.368 e. The van der Waals surface area contributed by atoms with E-state index in [9.17, 15) is 0 Å². The number of hydrogen-bond donors (Lipinski definition) is 3. The fourth-order valence-corrected chi connectivity index (χ4v) is 1.47. The van der Waals surface area contributed by atoms with Gasteiger partial charge in [0.25, 0.3) is 0 Å². The molecule has 0 aliphatic heterocycles. The highest BCUT2D eigenvalue weighted by atomic mass is 35.5. The lowest BCUT2D eigenvalue weighted by atomic mass is 10.5. The van der Waals surface area contributed by atoms with Gasteiger partial charge >= 0.3 is 0 Å². The van der Waals surface area contributed by atoms with Crippen LogP contribution in [-0.2, 0) is 0 Å². The molecule has 0 spiro atoms. The number of hydrogen-bond acceptors (Lipinski definition) is 7. The molecule has 0 atom stereocenters. The van der Waals surface area contributed by atoms with Crippen LogP contribution in [0.25, 0.3) is 0 Å². The first kappa shape index (κ1) is 12.3. The maximum absolute atomic E-state index is 5.75. The van der Waals surface area contributed by atoms with Crippen LogP contribution in [0.2, 0.25) is 5.15 Å². The first-order valence-electron chi connectivity index (χ1n) is 5.29. The number of nitrogens with one attached hydrogen (secondary N) is 2. The molecular formula is C10H12ClN7. The predicted octanol–water partition coefficient (Wildman–Crippen LogP) is 1.03. The summed E-state index contributed by atoms with van der Waals surface area (Å²) in [5, 5.41) is 6.42. The van der Waals surface area contributed by atoms with Crippen LogP contribution in [0.5, 0.6) is 0 Å². The summed E-state index contributed by atoms with van der Waals surface area (Å²) in [6, 6.07) is 3.37. The summed E-state index contributed by atoms with van der Waals surface area (Å²) < 4.78 is 0. The summed E-state index contributed by atoms with van der Waals surface area (Å²) in [4.78, 5) is 15.8. The molecule has 94 valence electrons. The molecular weight excluding hydrogens is 254 g/mol. The SMILES string of the molecule is Nc1nc(Cl)cc(NCCNc2ncccn2)n1. The Bertz CT molecular complexity index is 485. The van der Waals surface area contributed by atoms with E-state index in [2.05, 4.69) is 30.6 Å². The maximum Gasteiger partial charge on any atom is 0.223 e. The second-order valence-corrected chi connectivity index (χ2v) is 3.75. The third-order valence-electron chi connectivity index (χ3n) is 1.99. The Morgan fingerprint density at radius 3 is 2.56 bits per heavy atom. The van der Waals surface area contributed by atoms with Gasteiger partial charge in [0.15, 0.2) is 0 Å². The average Bonchev–Trinajstić information content (AvgIpc) is 2.35. The summed E-state index contributed by atoms with van der Waals surface area (Å²) in [6.07, 6.45) is 3.35. The van der Waals surface area contributed by atoms with Gasteiger partial charge in [0.05, 0.1) is 0 Å². The zero-order valence-corrected chi connectivity index (χ0v) is 10.2. The Kier molecular flexibility index (Phi) is 4.08. The van der Waals surface area contributed by atoms with Gasteiger partial charge in [-0.2, -0.15) is 4.98 Å². The number of nitrogen functional groups attached to an aromatic ring is 1. The van der Waals surface area contributed by atoms with Crippen molar-refractivity contribution < 1.29 is 0 Å². The number of rotatable bonds is 5. The molecule has 2 aromatic rings. The van der Waals surface area contributed by atoms with Gasteiger partial charge in [-0.25, -0.2) is 15.0 Å². The van der Waals surface area contributed by atoms with Crippen LogP contribution in [0.3, 0.4) is 0 Å². The molecule has 4 N–H and O–H groups in total. The van der Waals surface area contributed by atoms with Crippen molar-refractivity contribution in [3.8, 4) is 0 Å². The molecule has 7 nitrogen and oxygen atoms in total. The molecule has 0 aromatic carbocycles. The summed E-state index contributed by atoms with van der Waals surface area (Å²) in [5.74, 6) is 1.31. The quantitative estimate of drug-likeness (QED) is 0.548. The van der Waals surface area contributed by atoms with E-state index >= 15 is 0 Å². The van der Waals surface area contributed by atoms with E-state index in [1.165, 1.54) is 0 Å². The zero-order valence-electron chi connectivity index (χ0n) is 9.47. The summed E-state index contributed by atoms with van der Waals surface area (Å²) in [6.45, 7) is 1.27. The third-order valence-corrected chi connectivity index (χ3v) is 2.19. The average molecular weight is 266 g/mol. The molecule has 2 rings (SSSR count). The third kappa shape index (κ3) is 3.70. The van der Waals surface area contributed by atoms with Crippen molar-refractivity contribution in [2.45, 2.75) is 0 Å². The maximum atomic E-state index is 5.75. The minimum atomic E-state index is 0.143. The van der Waals surface area contributed by atoms with Gasteiger partial charge in [0.2, 0.25) is 11.9 Å². The Hall–Kier alpha value is -2.15. The van der Waals surface area contributed by atoms with Crippen LogP contribution in [0, 0.1) is 0 Å². The fraction of sp³-hybridized carbons (Fsp3) is 0.200. The monoisotopic (exact) mass is 265 g/mol. The lowest BCUT2D eigenvalue weighted by Gasteiger charge is -2.07. The van der Waals surface area contributed by atoms with Gasteiger partial charge in [0.1, 0.15) is 11.0 Å². The normalized spacial score (nSPS) is 10.1. The molecule has 0 aliphatic rings. The molecule has 2 aromatic heterocycles. The molecule has 0 aliphatic carbocycles. The van der Waals surface area contributed by atoms with Crippen LogP contribution >= 0.6 is 11.6 Å². The van der Waals surface area contributed by atoms with Crippen molar-refractivity contribution in [3.05, 3.63) is 29.7 Å². The Morgan fingerprint density at radius 2 is 1.83 bits per heavy atom. The molecule has 18 heavy (non-hydrogen) atoms. The first-order chi connectivity index (χ1) is 8.74. The van der Waals surface area contributed by atoms with Crippen molar-refractivity contribution in [1.82, 2.24) is 19.9 Å². The Morgan fingerprint density at radius 1 is 1.11 bits per heavy atom. The number of anilines is 3. The highest BCUT2D eigenvalue weighted by Gasteiger charge is 1.99. The molecule has 0 bridgehead atoms. The van der Waals surface area contributed by atoms with Crippen LogP contribution in [0.1, 0.15) is 0 Å². The second kappa shape index (κ2) is 5.97. The largest absolute Gasteiger partial charge is 0.368 e. The molecule has 0 amide bonds. The van der Waals surface area contributed by atoms with Crippen molar-refractivity contribution >= 4 is 29.3 Å². The van der Waals surface area contributed by atoms with E-state index in [0.717, 1.165) is 0 Å². The summed E-state index contributed by atoms with van der Waals surface area (Å²) in [7, 11) is 0.